The van der Waals surface area contributed by atoms with Crippen LogP contribution in [0.5, 0.6) is 0 Å². The molecule has 1 heterocycles. The van der Waals surface area contributed by atoms with Gasteiger partial charge in [0.1, 0.15) is 0 Å². The number of anilines is 1. The molecule has 3 heteroatoms. The monoisotopic (exact) mass is 215 g/mol. The van der Waals surface area contributed by atoms with E-state index >= 15 is 0 Å². The lowest BCUT2D eigenvalue weighted by Gasteiger charge is -2.23. The number of hydrogen-bond donors (Lipinski definition) is 1. The predicted molar refractivity (Wildman–Crippen MR) is 65.5 cm³/mol. The Bertz CT molecular complexity index is 371. The van der Waals surface area contributed by atoms with E-state index in [1.54, 1.807) is 0 Å². The van der Waals surface area contributed by atoms with E-state index < -0.39 is 0 Å². The first-order valence-electron chi connectivity index (χ1n) is 5.74. The van der Waals surface area contributed by atoms with Crippen LogP contribution in [0.25, 0.3) is 0 Å². The molecule has 1 atom stereocenters. The third-order valence-electron chi connectivity index (χ3n) is 3.09. The van der Waals surface area contributed by atoms with Gasteiger partial charge >= 0.3 is 0 Å². The van der Waals surface area contributed by atoms with E-state index in [1.165, 1.54) is 18.5 Å². The molecule has 3 nitrogen and oxygen atoms in total. The first-order valence-corrected chi connectivity index (χ1v) is 5.74. The Balaban J connectivity index is 1.97. The van der Waals surface area contributed by atoms with E-state index in [0.29, 0.717) is 6.04 Å². The van der Waals surface area contributed by atoms with Crippen molar-refractivity contribution in [3.63, 3.8) is 0 Å². The average molecular weight is 215 g/mol. The molecule has 0 aromatic heterocycles. The van der Waals surface area contributed by atoms with E-state index in [-0.39, 0.29) is 0 Å². The Morgan fingerprint density at radius 3 is 2.75 bits per heavy atom. The van der Waals surface area contributed by atoms with Crippen LogP contribution in [-0.2, 0) is 0 Å². The van der Waals surface area contributed by atoms with Gasteiger partial charge in [-0.3, -0.25) is 0 Å². The van der Waals surface area contributed by atoms with Gasteiger partial charge in [0, 0.05) is 25.3 Å². The van der Waals surface area contributed by atoms with Crippen molar-refractivity contribution < 1.29 is 0 Å². The zero-order chi connectivity index (χ0) is 11.4. The highest BCUT2D eigenvalue weighted by molar-refractivity contribution is 5.49. The van der Waals surface area contributed by atoms with Crippen LogP contribution in [0.1, 0.15) is 18.4 Å². The number of nitrogens with zero attached hydrogens (tertiary/aromatic N) is 2. The SMILES string of the molecule is CN(CC1CCCN1)c1ccc(C#N)cc1. The van der Waals surface area contributed by atoms with Crippen LogP contribution < -0.4 is 10.2 Å². The minimum atomic E-state index is 0.612. The van der Waals surface area contributed by atoms with Gasteiger partial charge in [-0.15, -0.1) is 0 Å². The summed E-state index contributed by atoms with van der Waals surface area (Å²) in [6.45, 7) is 2.18. The topological polar surface area (TPSA) is 39.1 Å². The minimum absolute atomic E-state index is 0.612. The number of benzene rings is 1. The number of rotatable bonds is 3. The van der Waals surface area contributed by atoms with Crippen LogP contribution in [-0.4, -0.2) is 26.2 Å². The quantitative estimate of drug-likeness (QED) is 0.835. The lowest BCUT2D eigenvalue weighted by Crippen LogP contribution is -2.35. The van der Waals surface area contributed by atoms with Crippen molar-refractivity contribution >= 4 is 5.69 Å². The van der Waals surface area contributed by atoms with Crippen molar-refractivity contribution in [2.45, 2.75) is 18.9 Å². The molecule has 1 aliphatic heterocycles. The molecule has 84 valence electrons. The van der Waals surface area contributed by atoms with E-state index in [9.17, 15) is 0 Å². The highest BCUT2D eigenvalue weighted by Gasteiger charge is 2.15. The molecular formula is C13H17N3. The molecule has 0 aliphatic carbocycles. The largest absolute Gasteiger partial charge is 0.373 e. The molecule has 1 N–H and O–H groups in total. The summed E-state index contributed by atoms with van der Waals surface area (Å²) in [5.74, 6) is 0. The van der Waals surface area contributed by atoms with Crippen molar-refractivity contribution in [2.75, 3.05) is 25.0 Å². The smallest absolute Gasteiger partial charge is 0.0991 e. The number of likely N-dealkylation sites (N-methyl/N-ethyl adjacent to an activating group) is 1. The fraction of sp³-hybridized carbons (Fsp3) is 0.462. The lowest BCUT2D eigenvalue weighted by atomic mass is 10.2. The van der Waals surface area contributed by atoms with Crippen LogP contribution >= 0.6 is 0 Å². The number of hydrogen-bond acceptors (Lipinski definition) is 3. The maximum atomic E-state index is 8.72. The minimum Gasteiger partial charge on any atom is -0.373 e. The summed E-state index contributed by atoms with van der Waals surface area (Å²) >= 11 is 0. The van der Waals surface area contributed by atoms with Crippen molar-refractivity contribution in [3.05, 3.63) is 29.8 Å². The van der Waals surface area contributed by atoms with Crippen molar-refractivity contribution in [2.24, 2.45) is 0 Å². The van der Waals surface area contributed by atoms with Crippen molar-refractivity contribution in [1.82, 2.24) is 5.32 Å². The van der Waals surface area contributed by atoms with Crippen LogP contribution in [0.3, 0.4) is 0 Å². The third-order valence-corrected chi connectivity index (χ3v) is 3.09. The van der Waals surface area contributed by atoms with E-state index in [4.69, 9.17) is 5.26 Å². The summed E-state index contributed by atoms with van der Waals surface area (Å²) in [4.78, 5) is 2.24. The molecule has 0 saturated carbocycles. The Kier molecular flexibility index (Phi) is 3.43. The van der Waals surface area contributed by atoms with Gasteiger partial charge in [-0.2, -0.15) is 5.26 Å². The van der Waals surface area contributed by atoms with Gasteiger partial charge in [0.25, 0.3) is 0 Å². The highest BCUT2D eigenvalue weighted by atomic mass is 15.1. The average Bonchev–Trinajstić information content (AvgIpc) is 2.82. The van der Waals surface area contributed by atoms with Gasteiger partial charge in [0.2, 0.25) is 0 Å². The van der Waals surface area contributed by atoms with E-state index in [2.05, 4.69) is 23.3 Å². The van der Waals surface area contributed by atoms with Gasteiger partial charge in [-0.05, 0) is 43.7 Å². The Hall–Kier alpha value is -1.53. The lowest BCUT2D eigenvalue weighted by molar-refractivity contribution is 0.600. The molecule has 1 fully saturated rings. The molecule has 1 unspecified atom stereocenters. The van der Waals surface area contributed by atoms with E-state index in [0.717, 1.165) is 18.7 Å². The van der Waals surface area contributed by atoms with Crippen LogP contribution in [0.15, 0.2) is 24.3 Å². The molecular weight excluding hydrogens is 198 g/mol. The molecule has 1 aromatic carbocycles. The maximum Gasteiger partial charge on any atom is 0.0991 e. The van der Waals surface area contributed by atoms with Crippen LogP contribution in [0.4, 0.5) is 5.69 Å². The fourth-order valence-corrected chi connectivity index (χ4v) is 2.14. The second kappa shape index (κ2) is 5.00. The van der Waals surface area contributed by atoms with E-state index in [1.807, 2.05) is 24.3 Å². The van der Waals surface area contributed by atoms with Gasteiger partial charge in [-0.1, -0.05) is 0 Å². The summed E-state index contributed by atoms with van der Waals surface area (Å²) < 4.78 is 0. The molecule has 2 rings (SSSR count). The zero-order valence-electron chi connectivity index (χ0n) is 9.61. The van der Waals surface area contributed by atoms with Crippen LogP contribution in [0, 0.1) is 11.3 Å². The number of nitrogens with one attached hydrogen (secondary N) is 1. The molecule has 1 aromatic rings. The Labute approximate surface area is 96.7 Å². The molecule has 0 spiro atoms. The molecule has 0 radical (unpaired) electrons. The number of nitriles is 1. The van der Waals surface area contributed by atoms with Gasteiger partial charge < -0.3 is 10.2 Å². The summed E-state index contributed by atoms with van der Waals surface area (Å²) in [5.41, 5.74) is 1.89. The first kappa shape index (κ1) is 11.0. The molecule has 16 heavy (non-hydrogen) atoms. The molecule has 0 amide bonds. The van der Waals surface area contributed by atoms with Gasteiger partial charge in [-0.25, -0.2) is 0 Å². The normalized spacial score (nSPS) is 19.4. The second-order valence-corrected chi connectivity index (χ2v) is 4.33. The van der Waals surface area contributed by atoms with Crippen LogP contribution in [0.2, 0.25) is 0 Å². The Morgan fingerprint density at radius 1 is 1.44 bits per heavy atom. The van der Waals surface area contributed by atoms with Gasteiger partial charge in [0.05, 0.1) is 11.6 Å². The molecule has 0 bridgehead atoms. The standard InChI is InChI=1S/C13H17N3/c1-16(10-12-3-2-8-15-12)13-6-4-11(9-14)5-7-13/h4-7,12,15H,2-3,8,10H2,1H3. The van der Waals surface area contributed by atoms with Gasteiger partial charge in [0.15, 0.2) is 0 Å². The summed E-state index contributed by atoms with van der Waals surface area (Å²) in [7, 11) is 2.10. The highest BCUT2D eigenvalue weighted by Crippen LogP contribution is 2.15. The first-order chi connectivity index (χ1) is 7.79. The summed E-state index contributed by atoms with van der Waals surface area (Å²) in [5, 5.41) is 12.2. The van der Waals surface area contributed by atoms with Crippen molar-refractivity contribution in [1.29, 1.82) is 5.26 Å². The predicted octanol–water partition coefficient (Wildman–Crippen LogP) is 1.75. The third kappa shape index (κ3) is 2.53. The van der Waals surface area contributed by atoms with Crippen molar-refractivity contribution in [3.8, 4) is 6.07 Å². The maximum absolute atomic E-state index is 8.72. The summed E-state index contributed by atoms with van der Waals surface area (Å²) in [6, 6.07) is 10.5. The molecule has 1 aliphatic rings. The Morgan fingerprint density at radius 2 is 2.19 bits per heavy atom. The molecule has 1 saturated heterocycles. The second-order valence-electron chi connectivity index (χ2n) is 4.33. The summed E-state index contributed by atoms with van der Waals surface area (Å²) in [6.07, 6.45) is 2.55. The fourth-order valence-electron chi connectivity index (χ4n) is 2.14. The zero-order valence-corrected chi connectivity index (χ0v) is 9.61.